The third kappa shape index (κ3) is 2.26. The predicted octanol–water partition coefficient (Wildman–Crippen LogP) is 1.62. The monoisotopic (exact) mass is 292 g/mol. The van der Waals surface area contributed by atoms with Gasteiger partial charge in [0.1, 0.15) is 0 Å². The Labute approximate surface area is 63.2 Å². The molecule has 46 valence electrons. The van der Waals surface area contributed by atoms with Gasteiger partial charge >= 0.3 is 22.4 Å². The van der Waals surface area contributed by atoms with Gasteiger partial charge in [-0.1, -0.05) is 0 Å². The van der Waals surface area contributed by atoms with Crippen molar-refractivity contribution in [2.45, 2.75) is 0 Å². The van der Waals surface area contributed by atoms with Crippen molar-refractivity contribution in [3.05, 3.63) is 36.1 Å². The molecule has 0 aliphatic rings. The van der Waals surface area contributed by atoms with Gasteiger partial charge in [0.2, 0.25) is 0 Å². The molecule has 2 heteroatoms. The first-order valence-corrected chi connectivity index (χ1v) is 2.01. The van der Waals surface area contributed by atoms with Gasteiger partial charge in [-0.25, -0.2) is 0 Å². The van der Waals surface area contributed by atoms with E-state index in [-0.39, 0.29) is 28.2 Å². The predicted molar refractivity (Wildman–Crippen MR) is 25.2 cm³/mol. The summed E-state index contributed by atoms with van der Waals surface area (Å²) in [4.78, 5) is 0. The molecular weight excluding hydrogens is 288 g/mol. The summed E-state index contributed by atoms with van der Waals surface area (Å²) < 4.78 is 11.9. The molecule has 0 amide bonds. The number of halogens is 1. The first-order chi connectivity index (χ1) is 3.39. The third-order valence-electron chi connectivity index (χ3n) is 0.669. The van der Waals surface area contributed by atoms with Crippen LogP contribution in [0.2, 0.25) is 0 Å². The second kappa shape index (κ2) is 3.84. The van der Waals surface area contributed by atoms with Gasteiger partial charge in [-0.15, -0.1) is 12.1 Å². The molecule has 1 rings (SSSR count). The summed E-state index contributed by atoms with van der Waals surface area (Å²) in [6.07, 6.45) is 0. The van der Waals surface area contributed by atoms with E-state index in [2.05, 4.69) is 6.07 Å². The number of hydrogen-bond acceptors (Lipinski definition) is 0. The van der Waals surface area contributed by atoms with E-state index in [1.165, 1.54) is 12.1 Å². The SMILES string of the molecule is Fc1c[c-]ccc1.[Au+]. The molecule has 0 bridgehead atoms. The van der Waals surface area contributed by atoms with E-state index in [0.717, 1.165) is 0 Å². The molecule has 0 N–H and O–H groups in total. The maximum absolute atomic E-state index is 11.9. The summed E-state index contributed by atoms with van der Waals surface area (Å²) in [6, 6.07) is 8.53. The summed E-state index contributed by atoms with van der Waals surface area (Å²) in [7, 11) is 0. The van der Waals surface area contributed by atoms with E-state index >= 15 is 0 Å². The Balaban J connectivity index is 0.000000490. The zero-order valence-electron chi connectivity index (χ0n) is 3.99. The van der Waals surface area contributed by atoms with Gasteiger partial charge in [-0.05, 0) is 0 Å². The van der Waals surface area contributed by atoms with Crippen LogP contribution < -0.4 is 0 Å². The molecule has 0 fully saturated rings. The Hall–Kier alpha value is -0.110. The molecule has 8 heavy (non-hydrogen) atoms. The fourth-order valence-corrected chi connectivity index (χ4v) is 0.371. The van der Waals surface area contributed by atoms with Crippen molar-refractivity contribution < 1.29 is 26.8 Å². The zero-order chi connectivity index (χ0) is 5.11. The smallest absolute Gasteiger partial charge is 0.284 e. The van der Waals surface area contributed by atoms with Crippen LogP contribution in [0.25, 0.3) is 0 Å². The van der Waals surface area contributed by atoms with Crippen LogP contribution in [0.3, 0.4) is 0 Å². The minimum absolute atomic E-state index is 0. The van der Waals surface area contributed by atoms with Crippen LogP contribution in [-0.2, 0) is 22.4 Å². The molecule has 0 radical (unpaired) electrons. The molecule has 0 heterocycles. The van der Waals surface area contributed by atoms with Crippen molar-refractivity contribution in [1.29, 1.82) is 0 Å². The molecule has 0 aromatic heterocycles. The Morgan fingerprint density at radius 3 is 2.50 bits per heavy atom. The molecule has 0 atom stereocenters. The van der Waals surface area contributed by atoms with Crippen LogP contribution in [0, 0.1) is 11.9 Å². The van der Waals surface area contributed by atoms with Gasteiger partial charge in [0.05, 0.1) is 0 Å². The molecular formula is C6H4AuF. The number of benzene rings is 1. The fourth-order valence-electron chi connectivity index (χ4n) is 0.371. The van der Waals surface area contributed by atoms with Crippen molar-refractivity contribution in [1.82, 2.24) is 0 Å². The Kier molecular flexibility index (Phi) is 3.79. The maximum atomic E-state index is 11.9. The minimum Gasteiger partial charge on any atom is -0.284 e. The summed E-state index contributed by atoms with van der Waals surface area (Å²) in [5.41, 5.74) is 0. The zero-order valence-corrected chi connectivity index (χ0v) is 6.16. The van der Waals surface area contributed by atoms with Gasteiger partial charge < -0.3 is 0 Å². The second-order valence-corrected chi connectivity index (χ2v) is 1.22. The fraction of sp³-hybridized carbons (Fsp3) is 0. The molecule has 0 aliphatic carbocycles. The van der Waals surface area contributed by atoms with Gasteiger partial charge in [0.15, 0.2) is 0 Å². The van der Waals surface area contributed by atoms with Crippen molar-refractivity contribution in [3.8, 4) is 0 Å². The first kappa shape index (κ1) is 7.89. The molecule has 0 saturated heterocycles. The number of rotatable bonds is 0. The molecule has 0 unspecified atom stereocenters. The largest absolute Gasteiger partial charge is 1.00 e. The van der Waals surface area contributed by atoms with Crippen LogP contribution in [0.4, 0.5) is 4.39 Å². The summed E-state index contributed by atoms with van der Waals surface area (Å²) >= 11 is 0. The Bertz CT molecular complexity index is 138. The standard InChI is InChI=1S/C6H4F.Au/c7-6-4-2-1-3-5-6;/h1-2,4-5H;/q-1;+1. The van der Waals surface area contributed by atoms with E-state index in [4.69, 9.17) is 0 Å². The van der Waals surface area contributed by atoms with Crippen LogP contribution in [-0.4, -0.2) is 0 Å². The van der Waals surface area contributed by atoms with Crippen LogP contribution in [0.1, 0.15) is 0 Å². The first-order valence-electron chi connectivity index (χ1n) is 2.01. The second-order valence-electron chi connectivity index (χ2n) is 1.22. The Morgan fingerprint density at radius 2 is 2.25 bits per heavy atom. The van der Waals surface area contributed by atoms with Crippen molar-refractivity contribution in [2.75, 3.05) is 0 Å². The summed E-state index contributed by atoms with van der Waals surface area (Å²) in [5, 5.41) is 0. The van der Waals surface area contributed by atoms with Crippen LogP contribution >= 0.6 is 0 Å². The molecule has 0 aliphatic heterocycles. The topological polar surface area (TPSA) is 0 Å². The average molecular weight is 292 g/mol. The minimum atomic E-state index is -0.234. The molecule has 0 saturated carbocycles. The van der Waals surface area contributed by atoms with E-state index < -0.39 is 0 Å². The molecule has 0 spiro atoms. The number of hydrogen-bond donors (Lipinski definition) is 0. The third-order valence-corrected chi connectivity index (χ3v) is 0.669. The van der Waals surface area contributed by atoms with Crippen molar-refractivity contribution in [2.24, 2.45) is 0 Å². The summed E-state index contributed by atoms with van der Waals surface area (Å²) in [6.45, 7) is 0. The van der Waals surface area contributed by atoms with Crippen LogP contribution in [0.5, 0.6) is 0 Å². The quantitative estimate of drug-likeness (QED) is 0.503. The van der Waals surface area contributed by atoms with E-state index in [1.54, 1.807) is 12.1 Å². The summed E-state index contributed by atoms with van der Waals surface area (Å²) in [5.74, 6) is -0.234. The maximum Gasteiger partial charge on any atom is 1.00 e. The van der Waals surface area contributed by atoms with Gasteiger partial charge in [0.25, 0.3) is 0 Å². The van der Waals surface area contributed by atoms with Gasteiger partial charge in [0, 0.05) is 5.82 Å². The van der Waals surface area contributed by atoms with Gasteiger partial charge in [-0.2, -0.15) is 18.2 Å². The molecule has 1 aromatic carbocycles. The van der Waals surface area contributed by atoms with Gasteiger partial charge in [-0.3, -0.25) is 4.39 Å². The van der Waals surface area contributed by atoms with E-state index in [0.29, 0.717) is 0 Å². The van der Waals surface area contributed by atoms with Crippen molar-refractivity contribution >= 4 is 0 Å². The van der Waals surface area contributed by atoms with E-state index in [1.807, 2.05) is 0 Å². The molecule has 0 nitrogen and oxygen atoms in total. The average Bonchev–Trinajstić information content (AvgIpc) is 1.69. The molecule has 1 aromatic rings. The normalized spacial score (nSPS) is 7.62. The van der Waals surface area contributed by atoms with Crippen molar-refractivity contribution in [3.63, 3.8) is 0 Å². The van der Waals surface area contributed by atoms with Crippen LogP contribution in [0.15, 0.2) is 24.3 Å². The van der Waals surface area contributed by atoms with E-state index in [9.17, 15) is 4.39 Å². The Morgan fingerprint density at radius 1 is 1.50 bits per heavy atom.